The summed E-state index contributed by atoms with van der Waals surface area (Å²) in [6, 6.07) is 15.9. The predicted molar refractivity (Wildman–Crippen MR) is 117 cm³/mol. The van der Waals surface area contributed by atoms with Gasteiger partial charge < -0.3 is 14.6 Å². The van der Waals surface area contributed by atoms with Crippen LogP contribution < -0.4 is 15.6 Å². The van der Waals surface area contributed by atoms with Gasteiger partial charge in [-0.1, -0.05) is 18.2 Å². The SMILES string of the molecule is CN(C)c1ccc(/C=C(\NC(=O)c2cccc(F)c2)C(=O)NN=Cc2ccco2)cc1. The molecule has 2 N–H and O–H groups in total. The summed E-state index contributed by atoms with van der Waals surface area (Å²) in [5, 5.41) is 6.36. The molecule has 0 saturated heterocycles. The van der Waals surface area contributed by atoms with Crippen molar-refractivity contribution in [2.45, 2.75) is 0 Å². The number of benzene rings is 2. The monoisotopic (exact) mass is 420 g/mol. The third-order valence-corrected chi connectivity index (χ3v) is 4.20. The Morgan fingerprint density at radius 1 is 1.06 bits per heavy atom. The lowest BCUT2D eigenvalue weighted by Gasteiger charge is -2.12. The van der Waals surface area contributed by atoms with Crippen LogP contribution in [0.15, 0.2) is 82.1 Å². The van der Waals surface area contributed by atoms with Gasteiger partial charge in [-0.15, -0.1) is 0 Å². The minimum Gasteiger partial charge on any atom is -0.463 e. The van der Waals surface area contributed by atoms with Crippen LogP contribution in [0.3, 0.4) is 0 Å². The van der Waals surface area contributed by atoms with E-state index in [9.17, 15) is 14.0 Å². The fourth-order valence-corrected chi connectivity index (χ4v) is 2.60. The lowest BCUT2D eigenvalue weighted by atomic mass is 10.1. The smallest absolute Gasteiger partial charge is 0.287 e. The largest absolute Gasteiger partial charge is 0.463 e. The number of hydrazone groups is 1. The second-order valence-electron chi connectivity index (χ2n) is 6.72. The first-order valence-electron chi connectivity index (χ1n) is 9.35. The van der Waals surface area contributed by atoms with Gasteiger partial charge in [-0.25, -0.2) is 9.82 Å². The number of amides is 2. The molecule has 8 heteroatoms. The van der Waals surface area contributed by atoms with Crippen LogP contribution in [0.5, 0.6) is 0 Å². The highest BCUT2D eigenvalue weighted by Gasteiger charge is 2.15. The number of carbonyl (C=O) groups is 2. The fourth-order valence-electron chi connectivity index (χ4n) is 2.60. The van der Waals surface area contributed by atoms with E-state index in [1.807, 2.05) is 43.3 Å². The second-order valence-corrected chi connectivity index (χ2v) is 6.72. The molecule has 0 aliphatic heterocycles. The molecule has 0 atom stereocenters. The van der Waals surface area contributed by atoms with E-state index in [0.717, 1.165) is 11.8 Å². The lowest BCUT2D eigenvalue weighted by Crippen LogP contribution is -2.32. The van der Waals surface area contributed by atoms with E-state index in [4.69, 9.17) is 4.42 Å². The second kappa shape index (κ2) is 10.0. The van der Waals surface area contributed by atoms with Crippen LogP contribution in [0.1, 0.15) is 21.7 Å². The van der Waals surface area contributed by atoms with Gasteiger partial charge >= 0.3 is 0 Å². The van der Waals surface area contributed by atoms with Crippen molar-refractivity contribution in [3.63, 3.8) is 0 Å². The van der Waals surface area contributed by atoms with Crippen molar-refractivity contribution >= 4 is 29.8 Å². The Labute approximate surface area is 178 Å². The predicted octanol–water partition coefficient (Wildman–Crippen LogP) is 3.41. The zero-order valence-electron chi connectivity index (χ0n) is 17.0. The molecule has 1 aromatic heterocycles. The highest BCUT2D eigenvalue weighted by Crippen LogP contribution is 2.15. The molecule has 0 bridgehead atoms. The average Bonchev–Trinajstić information content (AvgIpc) is 3.27. The molecule has 0 spiro atoms. The van der Waals surface area contributed by atoms with Crippen molar-refractivity contribution in [2.24, 2.45) is 5.10 Å². The van der Waals surface area contributed by atoms with Crippen LogP contribution in [0, 0.1) is 5.82 Å². The molecule has 158 valence electrons. The summed E-state index contributed by atoms with van der Waals surface area (Å²) >= 11 is 0. The van der Waals surface area contributed by atoms with Crippen molar-refractivity contribution in [3.8, 4) is 0 Å². The summed E-state index contributed by atoms with van der Waals surface area (Å²) in [6.45, 7) is 0. The molecule has 0 aliphatic carbocycles. The van der Waals surface area contributed by atoms with E-state index in [0.29, 0.717) is 11.3 Å². The number of hydrogen-bond donors (Lipinski definition) is 2. The van der Waals surface area contributed by atoms with E-state index >= 15 is 0 Å². The molecule has 1 heterocycles. The lowest BCUT2D eigenvalue weighted by molar-refractivity contribution is -0.117. The highest BCUT2D eigenvalue weighted by atomic mass is 19.1. The molecule has 0 unspecified atom stereocenters. The van der Waals surface area contributed by atoms with E-state index in [1.54, 1.807) is 12.1 Å². The number of rotatable bonds is 7. The van der Waals surface area contributed by atoms with Crippen LogP contribution in [0.25, 0.3) is 6.08 Å². The van der Waals surface area contributed by atoms with Gasteiger partial charge in [0.05, 0.1) is 12.5 Å². The van der Waals surface area contributed by atoms with Crippen molar-refractivity contribution < 1.29 is 18.4 Å². The zero-order valence-corrected chi connectivity index (χ0v) is 17.0. The van der Waals surface area contributed by atoms with Crippen LogP contribution in [-0.4, -0.2) is 32.1 Å². The quantitative estimate of drug-likeness (QED) is 0.348. The number of anilines is 1. The average molecular weight is 420 g/mol. The standard InChI is InChI=1S/C23H21FN4O3/c1-28(2)19-10-8-16(9-11-19)13-21(23(30)27-25-15-20-7-4-12-31-20)26-22(29)17-5-3-6-18(24)14-17/h3-15H,1-2H3,(H,26,29)(H,27,30)/b21-13-,25-15?. The van der Waals surface area contributed by atoms with E-state index < -0.39 is 17.6 Å². The van der Waals surface area contributed by atoms with Gasteiger partial charge in [-0.05, 0) is 54.1 Å². The third-order valence-electron chi connectivity index (χ3n) is 4.20. The molecular weight excluding hydrogens is 399 g/mol. The Balaban J connectivity index is 1.83. The number of carbonyl (C=O) groups excluding carboxylic acids is 2. The van der Waals surface area contributed by atoms with Crippen molar-refractivity contribution in [3.05, 3.63) is 95.3 Å². The molecule has 0 aliphatic rings. The molecule has 7 nitrogen and oxygen atoms in total. The Morgan fingerprint density at radius 3 is 2.48 bits per heavy atom. The van der Waals surface area contributed by atoms with E-state index in [-0.39, 0.29) is 11.3 Å². The first kappa shape index (κ1) is 21.5. The molecule has 0 saturated carbocycles. The highest BCUT2D eigenvalue weighted by molar-refractivity contribution is 6.05. The molecule has 2 aromatic carbocycles. The molecule has 31 heavy (non-hydrogen) atoms. The maximum atomic E-state index is 13.5. The molecule has 3 aromatic rings. The van der Waals surface area contributed by atoms with Crippen LogP contribution in [0.2, 0.25) is 0 Å². The zero-order chi connectivity index (χ0) is 22.2. The number of furan rings is 1. The summed E-state index contributed by atoms with van der Waals surface area (Å²) in [4.78, 5) is 27.2. The minimum atomic E-state index is -0.649. The molecule has 0 radical (unpaired) electrons. The topological polar surface area (TPSA) is 86.9 Å². The minimum absolute atomic E-state index is 0.0524. The van der Waals surface area contributed by atoms with Gasteiger partial charge in [0, 0.05) is 25.3 Å². The first-order valence-corrected chi connectivity index (χ1v) is 9.35. The van der Waals surface area contributed by atoms with Crippen molar-refractivity contribution in [1.82, 2.24) is 10.7 Å². The summed E-state index contributed by atoms with van der Waals surface area (Å²) in [6.07, 6.45) is 4.31. The van der Waals surface area contributed by atoms with Crippen molar-refractivity contribution in [2.75, 3.05) is 19.0 Å². The number of hydrogen-bond acceptors (Lipinski definition) is 5. The number of nitrogens with zero attached hydrogens (tertiary/aromatic N) is 2. The summed E-state index contributed by atoms with van der Waals surface area (Å²) < 4.78 is 18.6. The maximum Gasteiger partial charge on any atom is 0.287 e. The van der Waals surface area contributed by atoms with Gasteiger partial charge in [-0.3, -0.25) is 9.59 Å². The number of halogens is 1. The molecule has 2 amide bonds. The Morgan fingerprint density at radius 2 is 1.84 bits per heavy atom. The van der Waals surface area contributed by atoms with Crippen LogP contribution in [-0.2, 0) is 4.79 Å². The summed E-state index contributed by atoms with van der Waals surface area (Å²) in [5.41, 5.74) is 4.04. The van der Waals surface area contributed by atoms with Gasteiger partial charge in [0.25, 0.3) is 11.8 Å². The number of nitrogens with one attached hydrogen (secondary N) is 2. The van der Waals surface area contributed by atoms with Crippen molar-refractivity contribution in [1.29, 1.82) is 0 Å². The Hall–Kier alpha value is -4.20. The third kappa shape index (κ3) is 6.14. The van der Waals surface area contributed by atoms with E-state index in [2.05, 4.69) is 15.8 Å². The van der Waals surface area contributed by atoms with Gasteiger partial charge in [0.1, 0.15) is 17.3 Å². The first-order chi connectivity index (χ1) is 14.9. The summed E-state index contributed by atoms with van der Waals surface area (Å²) in [5.74, 6) is -1.37. The Kier molecular flexibility index (Phi) is 6.95. The normalized spacial score (nSPS) is 11.4. The van der Waals surface area contributed by atoms with Gasteiger partial charge in [0.15, 0.2) is 0 Å². The van der Waals surface area contributed by atoms with E-state index in [1.165, 1.54) is 36.8 Å². The van der Waals surface area contributed by atoms with Crippen LogP contribution in [0.4, 0.5) is 10.1 Å². The summed E-state index contributed by atoms with van der Waals surface area (Å²) in [7, 11) is 3.83. The Bertz CT molecular complexity index is 1100. The fraction of sp³-hybridized carbons (Fsp3) is 0.0870. The molecule has 3 rings (SSSR count). The molecular formula is C23H21FN4O3. The maximum absolute atomic E-state index is 13.5. The van der Waals surface area contributed by atoms with Gasteiger partial charge in [0.2, 0.25) is 0 Å². The van der Waals surface area contributed by atoms with Crippen LogP contribution >= 0.6 is 0 Å². The van der Waals surface area contributed by atoms with Gasteiger partial charge in [-0.2, -0.15) is 5.10 Å². The molecule has 0 fully saturated rings.